The second-order valence-electron chi connectivity index (χ2n) is 4.91. The Hall–Kier alpha value is -1.43. The zero-order valence-corrected chi connectivity index (χ0v) is 12.9. The second kappa shape index (κ2) is 8.68. The van der Waals surface area contributed by atoms with Crippen LogP contribution in [0.15, 0.2) is 0 Å². The van der Waals surface area contributed by atoms with Crippen molar-refractivity contribution in [3.63, 3.8) is 0 Å². The Kier molecular flexibility index (Phi) is 7.22. The monoisotopic (exact) mass is 283 g/mol. The number of unbranched alkanes of at least 4 members (excludes halogenated alkanes) is 1. The highest BCUT2D eigenvalue weighted by Gasteiger charge is 2.21. The minimum Gasteiger partial charge on any atom is -0.464 e. The largest absolute Gasteiger partial charge is 0.464 e. The van der Waals surface area contributed by atoms with E-state index in [1.165, 1.54) is 20.0 Å². The maximum Gasteiger partial charge on any atom is 0.360 e. The van der Waals surface area contributed by atoms with Crippen molar-refractivity contribution < 1.29 is 14.3 Å². The zero-order chi connectivity index (χ0) is 15.0. The zero-order valence-electron chi connectivity index (χ0n) is 12.9. The third-order valence-electron chi connectivity index (χ3n) is 3.47. The Balaban J connectivity index is 2.87. The number of hydrogen-bond donors (Lipinski definition) is 0. The van der Waals surface area contributed by atoms with E-state index in [0.717, 1.165) is 19.4 Å². The molecule has 0 spiro atoms. The number of esters is 1. The van der Waals surface area contributed by atoms with Gasteiger partial charge >= 0.3 is 5.97 Å². The van der Waals surface area contributed by atoms with Crippen molar-refractivity contribution in [2.75, 3.05) is 14.2 Å². The lowest BCUT2D eigenvalue weighted by molar-refractivity contribution is 0.0588. The first-order valence-corrected chi connectivity index (χ1v) is 7.17. The predicted octanol–water partition coefficient (Wildman–Crippen LogP) is 2.43. The third-order valence-corrected chi connectivity index (χ3v) is 3.47. The Bertz CT molecular complexity index is 418. The van der Waals surface area contributed by atoms with Crippen LogP contribution in [0.3, 0.4) is 0 Å². The van der Waals surface area contributed by atoms with Gasteiger partial charge in [0.15, 0.2) is 5.69 Å². The number of rotatable bonds is 9. The van der Waals surface area contributed by atoms with E-state index in [1.807, 2.05) is 0 Å². The summed E-state index contributed by atoms with van der Waals surface area (Å²) in [4.78, 5) is 11.7. The number of carbonyl (C=O) groups is 1. The molecule has 0 saturated heterocycles. The summed E-state index contributed by atoms with van der Waals surface area (Å²) in [7, 11) is 2.93. The van der Waals surface area contributed by atoms with Gasteiger partial charge in [-0.3, -0.25) is 0 Å². The lowest BCUT2D eigenvalue weighted by Gasteiger charge is -2.15. The minimum absolute atomic E-state index is 0.250. The molecule has 1 aromatic heterocycles. The maximum atomic E-state index is 11.7. The van der Waals surface area contributed by atoms with Crippen LogP contribution in [-0.4, -0.2) is 35.2 Å². The van der Waals surface area contributed by atoms with Crippen LogP contribution in [0.1, 0.15) is 55.7 Å². The highest BCUT2D eigenvalue weighted by Crippen LogP contribution is 2.17. The molecule has 0 saturated carbocycles. The van der Waals surface area contributed by atoms with Gasteiger partial charge in [-0.15, -0.1) is 5.10 Å². The van der Waals surface area contributed by atoms with Gasteiger partial charge in [-0.2, -0.15) is 0 Å². The maximum absolute atomic E-state index is 11.7. The molecule has 0 aliphatic rings. The average molecular weight is 283 g/mol. The standard InChI is InChI=1S/C14H25N3O3/c1-5-7-8-11(6-2)9-17-12(10-19-3)13(15-16-17)14(18)20-4/h11H,5-10H2,1-4H3. The van der Waals surface area contributed by atoms with Crippen LogP contribution in [0, 0.1) is 5.92 Å². The van der Waals surface area contributed by atoms with Crippen LogP contribution in [0.2, 0.25) is 0 Å². The molecule has 1 unspecified atom stereocenters. The van der Waals surface area contributed by atoms with E-state index >= 15 is 0 Å². The lowest BCUT2D eigenvalue weighted by Crippen LogP contribution is -2.16. The number of hydrogen-bond acceptors (Lipinski definition) is 5. The molecule has 0 aliphatic heterocycles. The molecule has 20 heavy (non-hydrogen) atoms. The quantitative estimate of drug-likeness (QED) is 0.651. The van der Waals surface area contributed by atoms with Crippen molar-refractivity contribution in [1.29, 1.82) is 0 Å². The van der Waals surface area contributed by atoms with Gasteiger partial charge < -0.3 is 9.47 Å². The number of nitrogens with zero attached hydrogens (tertiary/aromatic N) is 3. The Morgan fingerprint density at radius 2 is 2.10 bits per heavy atom. The smallest absolute Gasteiger partial charge is 0.360 e. The summed E-state index contributed by atoms with van der Waals surface area (Å²) in [6, 6.07) is 0. The van der Waals surface area contributed by atoms with Crippen LogP contribution in [0.4, 0.5) is 0 Å². The van der Waals surface area contributed by atoms with Gasteiger partial charge in [-0.25, -0.2) is 9.48 Å². The first-order valence-electron chi connectivity index (χ1n) is 7.17. The van der Waals surface area contributed by atoms with Gasteiger partial charge in [0.05, 0.1) is 19.4 Å². The molecule has 1 heterocycles. The molecule has 1 rings (SSSR count). The van der Waals surface area contributed by atoms with Crippen molar-refractivity contribution in [2.24, 2.45) is 5.92 Å². The van der Waals surface area contributed by atoms with Crippen LogP contribution >= 0.6 is 0 Å². The van der Waals surface area contributed by atoms with Gasteiger partial charge in [-0.05, 0) is 12.3 Å². The Morgan fingerprint density at radius 3 is 2.65 bits per heavy atom. The minimum atomic E-state index is -0.468. The van der Waals surface area contributed by atoms with Crippen molar-refractivity contribution in [3.05, 3.63) is 11.4 Å². The summed E-state index contributed by atoms with van der Waals surface area (Å²) in [6.07, 6.45) is 4.63. The molecular formula is C14H25N3O3. The highest BCUT2D eigenvalue weighted by atomic mass is 16.5. The van der Waals surface area contributed by atoms with Crippen LogP contribution < -0.4 is 0 Å². The van der Waals surface area contributed by atoms with Crippen LogP contribution in [0.5, 0.6) is 0 Å². The van der Waals surface area contributed by atoms with Crippen LogP contribution in [0.25, 0.3) is 0 Å². The fourth-order valence-corrected chi connectivity index (χ4v) is 2.18. The summed E-state index contributed by atoms with van der Waals surface area (Å²) in [6.45, 7) is 5.43. The molecule has 1 atom stereocenters. The van der Waals surface area contributed by atoms with E-state index in [4.69, 9.17) is 9.47 Å². The van der Waals surface area contributed by atoms with Gasteiger partial charge in [0.2, 0.25) is 0 Å². The van der Waals surface area contributed by atoms with Gasteiger partial charge in [0.1, 0.15) is 0 Å². The fraction of sp³-hybridized carbons (Fsp3) is 0.786. The van der Waals surface area contributed by atoms with Crippen molar-refractivity contribution in [1.82, 2.24) is 15.0 Å². The van der Waals surface area contributed by atoms with E-state index in [-0.39, 0.29) is 5.69 Å². The van der Waals surface area contributed by atoms with Gasteiger partial charge in [0, 0.05) is 13.7 Å². The number of aromatic nitrogens is 3. The number of carbonyl (C=O) groups excluding carboxylic acids is 1. The SMILES string of the molecule is CCCCC(CC)Cn1nnc(C(=O)OC)c1COC. The Morgan fingerprint density at radius 1 is 1.35 bits per heavy atom. The third kappa shape index (κ3) is 4.30. The summed E-state index contributed by atoms with van der Waals surface area (Å²) in [5, 5.41) is 8.02. The van der Waals surface area contributed by atoms with Gasteiger partial charge in [-0.1, -0.05) is 38.3 Å². The Labute approximate surface area is 120 Å². The van der Waals surface area contributed by atoms with E-state index in [9.17, 15) is 4.79 Å². The first-order chi connectivity index (χ1) is 9.67. The van der Waals surface area contributed by atoms with E-state index < -0.39 is 5.97 Å². The topological polar surface area (TPSA) is 66.2 Å². The highest BCUT2D eigenvalue weighted by molar-refractivity contribution is 5.88. The molecule has 0 aromatic carbocycles. The molecule has 0 amide bonds. The van der Waals surface area contributed by atoms with E-state index in [1.54, 1.807) is 11.8 Å². The second-order valence-corrected chi connectivity index (χ2v) is 4.91. The van der Waals surface area contributed by atoms with Crippen molar-refractivity contribution in [3.8, 4) is 0 Å². The summed E-state index contributed by atoms with van der Waals surface area (Å²) in [5.41, 5.74) is 0.939. The average Bonchev–Trinajstić information content (AvgIpc) is 2.85. The summed E-state index contributed by atoms with van der Waals surface area (Å²) >= 11 is 0. The molecule has 1 aromatic rings. The first kappa shape index (κ1) is 16.6. The summed E-state index contributed by atoms with van der Waals surface area (Å²) < 4.78 is 11.6. The molecule has 6 heteroatoms. The lowest BCUT2D eigenvalue weighted by atomic mass is 9.99. The summed E-state index contributed by atoms with van der Waals surface area (Å²) in [5.74, 6) is 0.0719. The number of methoxy groups -OCH3 is 2. The number of ether oxygens (including phenoxy) is 2. The van der Waals surface area contributed by atoms with Crippen molar-refractivity contribution >= 4 is 5.97 Å². The predicted molar refractivity (Wildman–Crippen MR) is 75.4 cm³/mol. The molecule has 0 radical (unpaired) electrons. The molecule has 0 N–H and O–H groups in total. The molecular weight excluding hydrogens is 258 g/mol. The molecule has 6 nitrogen and oxygen atoms in total. The van der Waals surface area contributed by atoms with E-state index in [0.29, 0.717) is 18.2 Å². The fourth-order valence-electron chi connectivity index (χ4n) is 2.18. The molecule has 0 fully saturated rings. The van der Waals surface area contributed by atoms with Crippen LogP contribution in [-0.2, 0) is 22.6 Å². The van der Waals surface area contributed by atoms with Crippen molar-refractivity contribution in [2.45, 2.75) is 52.7 Å². The molecule has 114 valence electrons. The van der Waals surface area contributed by atoms with Gasteiger partial charge in [0.25, 0.3) is 0 Å². The normalized spacial score (nSPS) is 12.4. The molecule has 0 aliphatic carbocycles. The van der Waals surface area contributed by atoms with E-state index in [2.05, 4.69) is 24.2 Å². The molecule has 0 bridgehead atoms.